The molecule has 136 valence electrons. The first-order valence-corrected chi connectivity index (χ1v) is 8.74. The normalized spacial score (nSPS) is 12.9. The highest BCUT2D eigenvalue weighted by atomic mass is 79.9. The van der Waals surface area contributed by atoms with Crippen molar-refractivity contribution in [3.8, 4) is 5.75 Å². The first-order valence-electron chi connectivity index (χ1n) is 7.94. The quantitative estimate of drug-likeness (QED) is 0.218. The molecule has 0 fully saturated rings. The van der Waals surface area contributed by atoms with Gasteiger partial charge >= 0.3 is 11.5 Å². The van der Waals surface area contributed by atoms with Crippen molar-refractivity contribution < 1.29 is 19.2 Å². The molecule has 6 nitrogen and oxygen atoms in total. The molecule has 0 radical (unpaired) electrons. The summed E-state index contributed by atoms with van der Waals surface area (Å²) in [7, 11) is 0. The zero-order chi connectivity index (χ0) is 19.3. The molecule has 1 atom stereocenters. The second-order valence-electron chi connectivity index (χ2n) is 6.17. The third kappa shape index (κ3) is 4.76. The summed E-state index contributed by atoms with van der Waals surface area (Å²) in [6.45, 7) is 3.05. The number of aryl methyl sites for hydroxylation is 1. The van der Waals surface area contributed by atoms with E-state index in [4.69, 9.17) is 4.74 Å². The molecule has 2 aromatic rings. The first-order chi connectivity index (χ1) is 12.2. The van der Waals surface area contributed by atoms with Crippen molar-refractivity contribution in [3.63, 3.8) is 0 Å². The van der Waals surface area contributed by atoms with Gasteiger partial charge in [-0.2, -0.15) is 0 Å². The number of ketones is 1. The van der Waals surface area contributed by atoms with E-state index >= 15 is 0 Å². The maximum absolute atomic E-state index is 12.4. The van der Waals surface area contributed by atoms with Crippen LogP contribution in [0.3, 0.4) is 0 Å². The van der Waals surface area contributed by atoms with Gasteiger partial charge < -0.3 is 4.74 Å². The Balaban J connectivity index is 2.10. The molecule has 2 rings (SSSR count). The Labute approximate surface area is 159 Å². The molecule has 26 heavy (non-hydrogen) atoms. The largest absolute Gasteiger partial charge is 0.421 e. The Kier molecular flexibility index (Phi) is 6.26. The van der Waals surface area contributed by atoms with E-state index in [1.165, 1.54) is 6.92 Å². The van der Waals surface area contributed by atoms with Crippen LogP contribution in [0, 0.1) is 17.0 Å². The zero-order valence-corrected chi connectivity index (χ0v) is 16.0. The van der Waals surface area contributed by atoms with Crippen LogP contribution in [0.4, 0.5) is 0 Å². The minimum atomic E-state index is -2.01. The van der Waals surface area contributed by atoms with Crippen molar-refractivity contribution in [3.05, 3.63) is 74.2 Å². The zero-order valence-electron chi connectivity index (χ0n) is 14.4. The van der Waals surface area contributed by atoms with E-state index in [-0.39, 0.29) is 24.4 Å². The number of hydrogen-bond donors (Lipinski definition) is 0. The summed E-state index contributed by atoms with van der Waals surface area (Å²) < 4.78 is 5.89. The third-order valence-electron chi connectivity index (χ3n) is 4.06. The van der Waals surface area contributed by atoms with Crippen LogP contribution in [0.5, 0.6) is 5.75 Å². The summed E-state index contributed by atoms with van der Waals surface area (Å²) in [6, 6.07) is 13.4. The van der Waals surface area contributed by atoms with E-state index in [1.807, 2.05) is 6.92 Å². The number of carbonyl (C=O) groups excluding carboxylic acids is 2. The van der Waals surface area contributed by atoms with Crippen molar-refractivity contribution in [2.45, 2.75) is 32.2 Å². The Morgan fingerprint density at radius 1 is 1.19 bits per heavy atom. The Morgan fingerprint density at radius 2 is 1.85 bits per heavy atom. The number of rotatable bonds is 7. The lowest BCUT2D eigenvalue weighted by molar-refractivity contribution is -0.550. The van der Waals surface area contributed by atoms with Gasteiger partial charge in [0.2, 0.25) is 0 Å². The molecule has 0 aliphatic rings. The van der Waals surface area contributed by atoms with Crippen LogP contribution in [0.15, 0.2) is 53.0 Å². The molecular weight excluding hydrogens is 402 g/mol. The highest BCUT2D eigenvalue weighted by Crippen LogP contribution is 2.23. The third-order valence-corrected chi connectivity index (χ3v) is 4.55. The minimum Gasteiger partial charge on any atom is -0.421 e. The molecule has 2 aromatic carbocycles. The average molecular weight is 420 g/mol. The molecular formula is C19H18BrNO5. The molecule has 0 amide bonds. The van der Waals surface area contributed by atoms with Crippen LogP contribution >= 0.6 is 15.9 Å². The number of carbonyl (C=O) groups is 2. The predicted molar refractivity (Wildman–Crippen MR) is 99.9 cm³/mol. The van der Waals surface area contributed by atoms with E-state index in [2.05, 4.69) is 15.9 Å². The van der Waals surface area contributed by atoms with Gasteiger partial charge in [0.15, 0.2) is 5.78 Å². The van der Waals surface area contributed by atoms with Crippen molar-refractivity contribution in [2.75, 3.05) is 0 Å². The van der Waals surface area contributed by atoms with Crippen LogP contribution in [0.25, 0.3) is 0 Å². The number of hydrogen-bond acceptors (Lipinski definition) is 5. The number of nitro groups is 1. The van der Waals surface area contributed by atoms with Gasteiger partial charge in [-0.25, -0.2) is 4.79 Å². The van der Waals surface area contributed by atoms with E-state index < -0.39 is 16.4 Å². The van der Waals surface area contributed by atoms with E-state index in [0.717, 1.165) is 10.0 Å². The van der Waals surface area contributed by atoms with E-state index in [9.17, 15) is 19.7 Å². The lowest BCUT2D eigenvalue weighted by atomic mass is 9.93. The lowest BCUT2D eigenvalue weighted by Crippen LogP contribution is -2.46. The summed E-state index contributed by atoms with van der Waals surface area (Å²) in [4.78, 5) is 35.5. The summed E-state index contributed by atoms with van der Waals surface area (Å²) in [6.07, 6.45) is -0.396. The van der Waals surface area contributed by atoms with Gasteiger partial charge in [0.25, 0.3) is 0 Å². The summed E-state index contributed by atoms with van der Waals surface area (Å²) in [5.41, 5.74) is -0.606. The molecule has 0 N–H and O–H groups in total. The molecule has 1 unspecified atom stereocenters. The van der Waals surface area contributed by atoms with Crippen molar-refractivity contribution in [2.24, 2.45) is 0 Å². The number of nitrogens with zero attached hydrogens (tertiary/aromatic N) is 1. The van der Waals surface area contributed by atoms with Crippen molar-refractivity contribution >= 4 is 27.7 Å². The topological polar surface area (TPSA) is 86.5 Å². The van der Waals surface area contributed by atoms with Gasteiger partial charge in [0.1, 0.15) is 5.75 Å². The standard InChI is InChI=1S/C19H18BrNO5/c1-13-6-8-16(9-7-13)26-18(23)19(2,21(24)25)11-10-17(22)14-4-3-5-15(20)12-14/h3-9,12H,10-11H2,1-2H3. The summed E-state index contributed by atoms with van der Waals surface area (Å²) in [5, 5.41) is 11.5. The molecule has 0 saturated heterocycles. The van der Waals surface area contributed by atoms with Crippen molar-refractivity contribution in [1.29, 1.82) is 0 Å². The number of Topliss-reactive ketones (excluding diaryl/α,β-unsaturated/α-hetero) is 1. The van der Waals surface area contributed by atoms with E-state index in [1.54, 1.807) is 48.5 Å². The molecule has 0 spiro atoms. The molecule has 0 aromatic heterocycles. The Hall–Kier alpha value is -2.54. The highest BCUT2D eigenvalue weighted by Gasteiger charge is 2.48. The summed E-state index contributed by atoms with van der Waals surface area (Å²) >= 11 is 3.28. The maximum atomic E-state index is 12.4. The predicted octanol–water partition coefficient (Wildman–Crippen LogP) is 4.36. The van der Waals surface area contributed by atoms with E-state index in [0.29, 0.717) is 5.56 Å². The number of halogens is 1. The van der Waals surface area contributed by atoms with Crippen LogP contribution < -0.4 is 4.74 Å². The monoisotopic (exact) mass is 419 g/mol. The fourth-order valence-corrected chi connectivity index (χ4v) is 2.65. The molecule has 0 aliphatic carbocycles. The van der Waals surface area contributed by atoms with Gasteiger partial charge in [0, 0.05) is 34.7 Å². The second-order valence-corrected chi connectivity index (χ2v) is 7.08. The number of benzene rings is 2. The van der Waals surface area contributed by atoms with Gasteiger partial charge in [-0.3, -0.25) is 14.9 Å². The van der Waals surface area contributed by atoms with Crippen molar-refractivity contribution in [1.82, 2.24) is 0 Å². The first kappa shape index (κ1) is 19.8. The van der Waals surface area contributed by atoms with Crippen LogP contribution in [-0.2, 0) is 4.79 Å². The lowest BCUT2D eigenvalue weighted by Gasteiger charge is -2.19. The fraction of sp³-hybridized carbons (Fsp3) is 0.263. The Morgan fingerprint density at radius 3 is 2.42 bits per heavy atom. The molecule has 7 heteroatoms. The van der Waals surface area contributed by atoms with Crippen LogP contribution in [-0.4, -0.2) is 22.2 Å². The highest BCUT2D eigenvalue weighted by molar-refractivity contribution is 9.10. The van der Waals surface area contributed by atoms with Gasteiger partial charge in [-0.05, 0) is 31.2 Å². The van der Waals surface area contributed by atoms with Crippen LogP contribution in [0.1, 0.15) is 35.7 Å². The van der Waals surface area contributed by atoms with Gasteiger partial charge in [-0.15, -0.1) is 0 Å². The minimum absolute atomic E-state index is 0.142. The van der Waals surface area contributed by atoms with Gasteiger partial charge in [0.05, 0.1) is 0 Å². The average Bonchev–Trinajstić information content (AvgIpc) is 2.61. The summed E-state index contributed by atoms with van der Waals surface area (Å²) in [5.74, 6) is -1.04. The maximum Gasteiger partial charge on any atom is 0.389 e. The SMILES string of the molecule is Cc1ccc(OC(=O)C(C)(CCC(=O)c2cccc(Br)c2)[N+](=O)[O-])cc1. The molecule has 0 heterocycles. The Bertz CT molecular complexity index is 834. The smallest absolute Gasteiger partial charge is 0.389 e. The molecule has 0 aliphatic heterocycles. The number of esters is 1. The number of ether oxygens (including phenoxy) is 1. The molecule has 0 bridgehead atoms. The van der Waals surface area contributed by atoms with Crippen LogP contribution in [0.2, 0.25) is 0 Å². The molecule has 0 saturated carbocycles. The second kappa shape index (κ2) is 8.23. The van der Waals surface area contributed by atoms with Gasteiger partial charge in [-0.1, -0.05) is 45.8 Å². The fourth-order valence-electron chi connectivity index (χ4n) is 2.25.